The lowest BCUT2D eigenvalue weighted by Gasteiger charge is -2.33. The van der Waals surface area contributed by atoms with Gasteiger partial charge in [-0.15, -0.1) is 0 Å². The Bertz CT molecular complexity index is 1090. The first-order valence-electron chi connectivity index (χ1n) is 12.8. The lowest BCUT2D eigenvalue weighted by atomic mass is 10.0. The molecule has 1 atom stereocenters. The second kappa shape index (κ2) is 12.7. The minimum atomic E-state index is -4.48. The highest BCUT2D eigenvalue weighted by molar-refractivity contribution is 5.95. The molecule has 3 heterocycles. The van der Waals surface area contributed by atoms with E-state index >= 15 is 0 Å². The molecule has 12 heteroatoms. The summed E-state index contributed by atoms with van der Waals surface area (Å²) in [6, 6.07) is 5.01. The van der Waals surface area contributed by atoms with E-state index in [0.29, 0.717) is 31.9 Å². The van der Waals surface area contributed by atoms with Crippen LogP contribution in [0, 0.1) is 6.92 Å². The van der Waals surface area contributed by atoms with Gasteiger partial charge in [-0.3, -0.25) is 4.79 Å². The third-order valence-corrected chi connectivity index (χ3v) is 6.75. The molecular formula is C26H34F3N5O4. The fourth-order valence-electron chi connectivity index (χ4n) is 4.60. The van der Waals surface area contributed by atoms with E-state index in [0.717, 1.165) is 51.0 Å². The van der Waals surface area contributed by atoms with Gasteiger partial charge in [-0.05, 0) is 50.8 Å². The van der Waals surface area contributed by atoms with Crippen LogP contribution in [0.3, 0.4) is 0 Å². The number of nitrogens with zero attached hydrogens (tertiary/aromatic N) is 3. The third-order valence-electron chi connectivity index (χ3n) is 6.75. The maximum Gasteiger partial charge on any atom is 0.416 e. The molecule has 0 radical (unpaired) electrons. The predicted molar refractivity (Wildman–Crippen MR) is 135 cm³/mol. The SMILES string of the molecule is COc1nc(Nc2cccc(C(F)(F)F)c2)c(C)c(C(=O)N2CCC(NCCO[C@H]3CCCOC3)CC2)n1. The molecule has 2 aliphatic rings. The van der Waals surface area contributed by atoms with Gasteiger partial charge < -0.3 is 29.7 Å². The second-order valence-electron chi connectivity index (χ2n) is 9.47. The molecule has 0 unspecified atom stereocenters. The molecule has 0 spiro atoms. The maximum absolute atomic E-state index is 13.4. The molecule has 0 saturated carbocycles. The Morgan fingerprint density at radius 3 is 2.68 bits per heavy atom. The Balaban J connectivity index is 1.35. The summed E-state index contributed by atoms with van der Waals surface area (Å²) in [6.07, 6.45) is -0.666. The number of hydrogen-bond donors (Lipinski definition) is 2. The van der Waals surface area contributed by atoms with Crippen LogP contribution in [0.25, 0.3) is 0 Å². The van der Waals surface area contributed by atoms with Crippen molar-refractivity contribution < 1.29 is 32.2 Å². The Morgan fingerprint density at radius 2 is 2.00 bits per heavy atom. The highest BCUT2D eigenvalue weighted by atomic mass is 19.4. The zero-order valence-electron chi connectivity index (χ0n) is 21.6. The molecule has 1 aromatic heterocycles. The number of halogens is 3. The van der Waals surface area contributed by atoms with Crippen LogP contribution in [-0.2, 0) is 15.7 Å². The molecule has 1 aromatic carbocycles. The number of carbonyl (C=O) groups excluding carboxylic acids is 1. The number of alkyl halides is 3. The summed E-state index contributed by atoms with van der Waals surface area (Å²) < 4.78 is 55.9. The number of nitrogens with one attached hydrogen (secondary N) is 2. The fraction of sp³-hybridized carbons (Fsp3) is 0.577. The van der Waals surface area contributed by atoms with Crippen molar-refractivity contribution >= 4 is 17.4 Å². The summed E-state index contributed by atoms with van der Waals surface area (Å²) in [7, 11) is 1.37. The van der Waals surface area contributed by atoms with E-state index in [1.807, 2.05) is 0 Å². The summed E-state index contributed by atoms with van der Waals surface area (Å²) in [5.74, 6) is -0.0613. The topological polar surface area (TPSA) is 97.8 Å². The van der Waals surface area contributed by atoms with Gasteiger partial charge in [-0.1, -0.05) is 6.07 Å². The number of likely N-dealkylation sites (tertiary alicyclic amines) is 1. The molecule has 4 rings (SSSR count). The number of hydrogen-bond acceptors (Lipinski definition) is 8. The van der Waals surface area contributed by atoms with Crippen LogP contribution < -0.4 is 15.4 Å². The van der Waals surface area contributed by atoms with E-state index in [1.54, 1.807) is 11.8 Å². The molecule has 9 nitrogen and oxygen atoms in total. The molecule has 2 N–H and O–H groups in total. The normalized spacial score (nSPS) is 18.9. The monoisotopic (exact) mass is 537 g/mol. The lowest BCUT2D eigenvalue weighted by molar-refractivity contribution is -0.137. The molecule has 38 heavy (non-hydrogen) atoms. The van der Waals surface area contributed by atoms with Crippen LogP contribution in [0.5, 0.6) is 6.01 Å². The van der Waals surface area contributed by atoms with Crippen LogP contribution in [0.4, 0.5) is 24.7 Å². The molecule has 2 aromatic rings. The van der Waals surface area contributed by atoms with Crippen molar-refractivity contribution in [1.82, 2.24) is 20.2 Å². The molecule has 2 fully saturated rings. The smallest absolute Gasteiger partial charge is 0.416 e. The quantitative estimate of drug-likeness (QED) is 0.465. The van der Waals surface area contributed by atoms with Crippen molar-refractivity contribution in [2.24, 2.45) is 0 Å². The zero-order valence-corrected chi connectivity index (χ0v) is 21.6. The standard InChI is InChI=1S/C26H34F3N5O4/c1-17-22(32-25(36-2)33-23(17)31-20-6-3-5-18(15-20)26(27,28)29)24(35)34-11-8-19(9-12-34)30-10-14-38-21-7-4-13-37-16-21/h3,5-6,15,19,21,30H,4,7-14,16H2,1-2H3,(H,31,32,33)/t21-/m0/s1. The minimum absolute atomic E-state index is 0.0478. The predicted octanol–water partition coefficient (Wildman–Crippen LogP) is 3.95. The van der Waals surface area contributed by atoms with E-state index in [4.69, 9.17) is 14.2 Å². The number of piperidine rings is 1. The third kappa shape index (κ3) is 7.33. The first-order valence-corrected chi connectivity index (χ1v) is 12.8. The van der Waals surface area contributed by atoms with E-state index in [9.17, 15) is 18.0 Å². The van der Waals surface area contributed by atoms with Gasteiger partial charge in [-0.25, -0.2) is 0 Å². The molecule has 2 saturated heterocycles. The second-order valence-corrected chi connectivity index (χ2v) is 9.47. The van der Waals surface area contributed by atoms with E-state index in [1.165, 1.54) is 19.2 Å². The van der Waals surface area contributed by atoms with Crippen molar-refractivity contribution in [3.8, 4) is 6.01 Å². The van der Waals surface area contributed by atoms with Crippen molar-refractivity contribution in [2.75, 3.05) is 51.9 Å². The van der Waals surface area contributed by atoms with Gasteiger partial charge in [0.2, 0.25) is 0 Å². The van der Waals surface area contributed by atoms with Gasteiger partial charge in [-0.2, -0.15) is 23.1 Å². The maximum atomic E-state index is 13.4. The first kappa shape index (κ1) is 28.1. The van der Waals surface area contributed by atoms with Crippen LogP contribution in [-0.4, -0.2) is 79.5 Å². The summed E-state index contributed by atoms with van der Waals surface area (Å²) in [4.78, 5) is 23.6. The number of benzene rings is 1. The number of ether oxygens (including phenoxy) is 3. The Hall–Kier alpha value is -2.96. The van der Waals surface area contributed by atoms with Crippen LogP contribution in [0.2, 0.25) is 0 Å². The highest BCUT2D eigenvalue weighted by Gasteiger charge is 2.31. The average Bonchev–Trinajstić information content (AvgIpc) is 2.92. The Kier molecular flexibility index (Phi) is 9.40. The van der Waals surface area contributed by atoms with E-state index < -0.39 is 11.7 Å². The average molecular weight is 538 g/mol. The number of anilines is 2. The van der Waals surface area contributed by atoms with Crippen LogP contribution in [0.1, 0.15) is 47.3 Å². The van der Waals surface area contributed by atoms with Gasteiger partial charge in [0.1, 0.15) is 11.5 Å². The van der Waals surface area contributed by atoms with E-state index in [2.05, 4.69) is 20.6 Å². The zero-order chi connectivity index (χ0) is 27.1. The van der Waals surface area contributed by atoms with Crippen molar-refractivity contribution in [3.05, 3.63) is 41.1 Å². The van der Waals surface area contributed by atoms with Gasteiger partial charge in [0.25, 0.3) is 5.91 Å². The fourth-order valence-corrected chi connectivity index (χ4v) is 4.60. The number of amides is 1. The minimum Gasteiger partial charge on any atom is -0.467 e. The summed E-state index contributed by atoms with van der Waals surface area (Å²) in [5, 5.41) is 6.39. The van der Waals surface area contributed by atoms with Gasteiger partial charge in [0.15, 0.2) is 0 Å². The number of carbonyl (C=O) groups is 1. The van der Waals surface area contributed by atoms with Gasteiger partial charge in [0.05, 0.1) is 32.0 Å². The van der Waals surface area contributed by atoms with Crippen LogP contribution >= 0.6 is 0 Å². The van der Waals surface area contributed by atoms with Crippen molar-refractivity contribution in [1.29, 1.82) is 0 Å². The summed E-state index contributed by atoms with van der Waals surface area (Å²) >= 11 is 0. The molecule has 0 aliphatic carbocycles. The lowest BCUT2D eigenvalue weighted by Crippen LogP contribution is -2.46. The molecule has 2 aliphatic heterocycles. The van der Waals surface area contributed by atoms with Gasteiger partial charge in [0, 0.05) is 43.5 Å². The summed E-state index contributed by atoms with van der Waals surface area (Å²) in [5.41, 5.74) is -0.0179. The molecule has 1 amide bonds. The van der Waals surface area contributed by atoms with Gasteiger partial charge >= 0.3 is 12.2 Å². The highest BCUT2D eigenvalue weighted by Crippen LogP contribution is 2.32. The van der Waals surface area contributed by atoms with E-state index in [-0.39, 0.29) is 41.3 Å². The number of rotatable bonds is 9. The summed E-state index contributed by atoms with van der Waals surface area (Å²) in [6.45, 7) is 5.59. The largest absolute Gasteiger partial charge is 0.467 e. The number of methoxy groups -OCH3 is 1. The first-order chi connectivity index (χ1) is 18.2. The molecule has 208 valence electrons. The molecular weight excluding hydrogens is 503 g/mol. The Morgan fingerprint density at radius 1 is 1.21 bits per heavy atom. The number of aromatic nitrogens is 2. The van der Waals surface area contributed by atoms with Crippen molar-refractivity contribution in [3.63, 3.8) is 0 Å². The van der Waals surface area contributed by atoms with Crippen LogP contribution in [0.15, 0.2) is 24.3 Å². The van der Waals surface area contributed by atoms with Crippen molar-refractivity contribution in [2.45, 2.75) is 50.9 Å². The molecule has 0 bridgehead atoms. The Labute approximate surface area is 220 Å².